The molecule has 0 amide bonds. The van der Waals surface area contributed by atoms with Gasteiger partial charge in [0.05, 0.1) is 6.10 Å². The zero-order chi connectivity index (χ0) is 14.9. The van der Waals surface area contributed by atoms with Crippen LogP contribution in [0.25, 0.3) is 0 Å². The van der Waals surface area contributed by atoms with Gasteiger partial charge in [0, 0.05) is 6.42 Å². The topological polar surface area (TPSA) is 20.2 Å². The smallest absolute Gasteiger partial charge is 0.129 e. The first kappa shape index (κ1) is 14.7. The number of aryl methyl sites for hydroxylation is 4. The maximum atomic E-state index is 13.6. The summed E-state index contributed by atoms with van der Waals surface area (Å²) in [6, 6.07) is 9.66. The summed E-state index contributed by atoms with van der Waals surface area (Å²) in [5, 5.41) is 10.4. The summed E-state index contributed by atoms with van der Waals surface area (Å²) in [6.07, 6.45) is -0.0545. The van der Waals surface area contributed by atoms with Gasteiger partial charge in [0.2, 0.25) is 0 Å². The fourth-order valence-corrected chi connectivity index (χ4v) is 2.44. The third-order valence-corrected chi connectivity index (χ3v) is 3.84. The van der Waals surface area contributed by atoms with Crippen LogP contribution in [0.1, 0.15) is 39.5 Å². The molecule has 1 unspecified atom stereocenters. The van der Waals surface area contributed by atoms with E-state index in [0.717, 1.165) is 11.1 Å². The van der Waals surface area contributed by atoms with E-state index in [4.69, 9.17) is 0 Å². The van der Waals surface area contributed by atoms with Crippen LogP contribution in [0.2, 0.25) is 0 Å². The molecule has 106 valence electrons. The molecule has 1 atom stereocenters. The second-order valence-corrected chi connectivity index (χ2v) is 5.61. The third-order valence-electron chi connectivity index (χ3n) is 3.84. The van der Waals surface area contributed by atoms with Gasteiger partial charge < -0.3 is 5.11 Å². The monoisotopic (exact) mass is 272 g/mol. The zero-order valence-corrected chi connectivity index (χ0v) is 12.5. The van der Waals surface area contributed by atoms with E-state index in [1.54, 1.807) is 26.0 Å². The van der Waals surface area contributed by atoms with Crippen molar-refractivity contribution in [3.8, 4) is 0 Å². The van der Waals surface area contributed by atoms with E-state index >= 15 is 0 Å². The van der Waals surface area contributed by atoms with Crippen LogP contribution in [0.15, 0.2) is 30.3 Å². The molecule has 2 heteroatoms. The van der Waals surface area contributed by atoms with Crippen LogP contribution < -0.4 is 0 Å². The molecule has 0 saturated heterocycles. The Morgan fingerprint density at radius 3 is 2.05 bits per heavy atom. The molecule has 0 bridgehead atoms. The third kappa shape index (κ3) is 3.07. The summed E-state index contributed by atoms with van der Waals surface area (Å²) in [7, 11) is 0. The molecule has 0 aliphatic heterocycles. The fourth-order valence-electron chi connectivity index (χ4n) is 2.44. The normalized spacial score (nSPS) is 12.5. The zero-order valence-electron chi connectivity index (χ0n) is 12.5. The summed E-state index contributed by atoms with van der Waals surface area (Å²) in [6.45, 7) is 7.60. The van der Waals surface area contributed by atoms with Crippen LogP contribution in [0, 0.1) is 33.5 Å². The van der Waals surface area contributed by atoms with E-state index in [9.17, 15) is 9.50 Å². The Morgan fingerprint density at radius 1 is 0.900 bits per heavy atom. The highest BCUT2D eigenvalue weighted by Gasteiger charge is 2.12. The molecule has 0 aliphatic carbocycles. The largest absolute Gasteiger partial charge is 0.388 e. The van der Waals surface area contributed by atoms with Gasteiger partial charge in [-0.2, -0.15) is 0 Å². The summed E-state index contributed by atoms with van der Waals surface area (Å²) in [4.78, 5) is 0. The van der Waals surface area contributed by atoms with Gasteiger partial charge in [-0.05, 0) is 61.1 Å². The number of aliphatic hydroxyl groups is 1. The lowest BCUT2D eigenvalue weighted by atomic mass is 9.96. The Balaban J connectivity index is 2.23. The standard InChI is InChI=1S/C18H21FO/c1-11-5-6-15(7-12(11)2)10-17(20)16-8-13(3)18(19)14(4)9-16/h5-9,17,20H,10H2,1-4H3. The van der Waals surface area contributed by atoms with Gasteiger partial charge >= 0.3 is 0 Å². The Labute approximate surface area is 120 Å². The lowest BCUT2D eigenvalue weighted by Crippen LogP contribution is -2.04. The Bertz CT molecular complexity index is 608. The minimum atomic E-state index is -0.602. The second-order valence-electron chi connectivity index (χ2n) is 5.61. The van der Waals surface area contributed by atoms with E-state index in [1.165, 1.54) is 11.1 Å². The van der Waals surface area contributed by atoms with Crippen molar-refractivity contribution in [2.24, 2.45) is 0 Å². The average molecular weight is 272 g/mol. The average Bonchev–Trinajstić information content (AvgIpc) is 2.39. The minimum absolute atomic E-state index is 0.188. The van der Waals surface area contributed by atoms with Crippen LogP contribution in [-0.2, 0) is 6.42 Å². The van der Waals surface area contributed by atoms with Crippen molar-refractivity contribution in [1.29, 1.82) is 0 Å². The molecule has 0 spiro atoms. The Kier molecular flexibility index (Phi) is 4.24. The number of hydrogen-bond donors (Lipinski definition) is 1. The number of hydrogen-bond acceptors (Lipinski definition) is 1. The van der Waals surface area contributed by atoms with Crippen molar-refractivity contribution in [2.45, 2.75) is 40.2 Å². The Morgan fingerprint density at radius 2 is 1.50 bits per heavy atom. The summed E-state index contributed by atoms with van der Waals surface area (Å²) < 4.78 is 13.6. The van der Waals surface area contributed by atoms with Crippen LogP contribution in [0.5, 0.6) is 0 Å². The number of benzene rings is 2. The molecule has 2 aromatic carbocycles. The maximum Gasteiger partial charge on any atom is 0.129 e. The molecule has 20 heavy (non-hydrogen) atoms. The van der Waals surface area contributed by atoms with Crippen LogP contribution >= 0.6 is 0 Å². The van der Waals surface area contributed by atoms with Crippen molar-refractivity contribution < 1.29 is 9.50 Å². The predicted molar refractivity (Wildman–Crippen MR) is 80.5 cm³/mol. The van der Waals surface area contributed by atoms with E-state index in [1.807, 2.05) is 6.07 Å². The molecule has 0 radical (unpaired) electrons. The molecule has 1 N–H and O–H groups in total. The van der Waals surface area contributed by atoms with Gasteiger partial charge in [-0.1, -0.05) is 30.3 Å². The van der Waals surface area contributed by atoms with Gasteiger partial charge in [-0.25, -0.2) is 4.39 Å². The van der Waals surface area contributed by atoms with Crippen molar-refractivity contribution in [1.82, 2.24) is 0 Å². The first-order valence-corrected chi connectivity index (χ1v) is 6.89. The first-order valence-electron chi connectivity index (χ1n) is 6.89. The molecular formula is C18H21FO. The van der Waals surface area contributed by atoms with Crippen molar-refractivity contribution in [3.05, 3.63) is 69.5 Å². The molecule has 0 saturated carbocycles. The highest BCUT2D eigenvalue weighted by atomic mass is 19.1. The molecular weight excluding hydrogens is 251 g/mol. The predicted octanol–water partition coefficient (Wildman–Crippen LogP) is 4.34. The van der Waals surface area contributed by atoms with Crippen LogP contribution in [-0.4, -0.2) is 5.11 Å². The van der Waals surface area contributed by atoms with E-state index < -0.39 is 6.10 Å². The molecule has 2 rings (SSSR count). The summed E-state index contributed by atoms with van der Waals surface area (Å²) in [5.74, 6) is -0.188. The highest BCUT2D eigenvalue weighted by Crippen LogP contribution is 2.23. The highest BCUT2D eigenvalue weighted by molar-refractivity contribution is 5.34. The Hall–Kier alpha value is -1.67. The number of aliphatic hydroxyl groups excluding tert-OH is 1. The molecule has 1 nitrogen and oxygen atoms in total. The minimum Gasteiger partial charge on any atom is -0.388 e. The molecule has 0 heterocycles. The number of halogens is 1. The van der Waals surface area contributed by atoms with Crippen molar-refractivity contribution in [2.75, 3.05) is 0 Å². The quantitative estimate of drug-likeness (QED) is 0.881. The van der Waals surface area contributed by atoms with Gasteiger partial charge in [0.25, 0.3) is 0 Å². The van der Waals surface area contributed by atoms with Gasteiger partial charge in [-0.3, -0.25) is 0 Å². The fraction of sp³-hybridized carbons (Fsp3) is 0.333. The van der Waals surface area contributed by atoms with E-state index in [0.29, 0.717) is 17.5 Å². The molecule has 2 aromatic rings. The van der Waals surface area contributed by atoms with Crippen LogP contribution in [0.3, 0.4) is 0 Å². The van der Waals surface area contributed by atoms with Gasteiger partial charge in [0.1, 0.15) is 5.82 Å². The number of rotatable bonds is 3. The van der Waals surface area contributed by atoms with Crippen LogP contribution in [0.4, 0.5) is 4.39 Å². The maximum absolute atomic E-state index is 13.6. The lowest BCUT2D eigenvalue weighted by Gasteiger charge is -2.14. The summed E-state index contributed by atoms with van der Waals surface area (Å²) >= 11 is 0. The molecule has 0 aliphatic rings. The molecule has 0 fully saturated rings. The van der Waals surface area contributed by atoms with Crippen molar-refractivity contribution >= 4 is 0 Å². The van der Waals surface area contributed by atoms with E-state index in [-0.39, 0.29) is 5.82 Å². The first-order chi connectivity index (χ1) is 9.38. The van der Waals surface area contributed by atoms with Gasteiger partial charge in [-0.15, -0.1) is 0 Å². The van der Waals surface area contributed by atoms with Gasteiger partial charge in [0.15, 0.2) is 0 Å². The van der Waals surface area contributed by atoms with E-state index in [2.05, 4.69) is 26.0 Å². The lowest BCUT2D eigenvalue weighted by molar-refractivity contribution is 0.178. The summed E-state index contributed by atoms with van der Waals surface area (Å²) in [5.41, 5.74) is 5.51. The molecule has 0 aromatic heterocycles. The second kappa shape index (κ2) is 5.76. The SMILES string of the molecule is Cc1ccc(CC(O)c2cc(C)c(F)c(C)c2)cc1C. The van der Waals surface area contributed by atoms with Crippen molar-refractivity contribution in [3.63, 3.8) is 0 Å².